The Hall–Kier alpha value is -3.91. The molecule has 0 unspecified atom stereocenters. The molecule has 0 aliphatic carbocycles. The number of halogens is 1. The molecule has 0 radical (unpaired) electrons. The maximum atomic E-state index is 12.2. The summed E-state index contributed by atoms with van der Waals surface area (Å²) in [5, 5.41) is 22.6. The molecule has 0 aliphatic heterocycles. The molecule has 29 heavy (non-hydrogen) atoms. The normalized spacial score (nSPS) is 11.1. The molecule has 1 aromatic heterocycles. The number of carboxylic acid groups (broad SMARTS) is 1. The summed E-state index contributed by atoms with van der Waals surface area (Å²) in [6.45, 7) is 0. The van der Waals surface area contributed by atoms with E-state index in [1.54, 1.807) is 30.3 Å². The van der Waals surface area contributed by atoms with E-state index in [0.717, 1.165) is 6.08 Å². The van der Waals surface area contributed by atoms with Crippen molar-refractivity contribution in [3.8, 4) is 11.3 Å². The van der Waals surface area contributed by atoms with E-state index in [9.17, 15) is 24.8 Å². The lowest BCUT2D eigenvalue weighted by Crippen LogP contribution is -2.27. The van der Waals surface area contributed by atoms with Crippen LogP contribution in [0.25, 0.3) is 17.4 Å². The minimum atomic E-state index is -1.35. The fraction of sp³-hybridized carbons (Fsp3) is 0. The van der Waals surface area contributed by atoms with Crippen LogP contribution in [0, 0.1) is 10.1 Å². The number of non-ortho nitro benzene ring substituents is 1. The van der Waals surface area contributed by atoms with Gasteiger partial charge in [-0.05, 0) is 30.3 Å². The van der Waals surface area contributed by atoms with Crippen molar-refractivity contribution >= 4 is 35.2 Å². The first-order valence-corrected chi connectivity index (χ1v) is 8.58. The highest BCUT2D eigenvalue weighted by Gasteiger charge is 2.16. The zero-order valence-corrected chi connectivity index (χ0v) is 15.4. The van der Waals surface area contributed by atoms with Gasteiger partial charge in [0.05, 0.1) is 9.95 Å². The molecule has 0 fully saturated rings. The predicted molar refractivity (Wildman–Crippen MR) is 105 cm³/mol. The molecule has 9 heteroatoms. The van der Waals surface area contributed by atoms with E-state index < -0.39 is 16.8 Å². The molecule has 146 valence electrons. The van der Waals surface area contributed by atoms with Crippen molar-refractivity contribution in [3.05, 3.63) is 92.8 Å². The quantitative estimate of drug-likeness (QED) is 0.352. The molecular weight excluding hydrogens is 400 g/mol. The lowest BCUT2D eigenvalue weighted by Gasteiger charge is -2.05. The molecule has 1 amide bonds. The van der Waals surface area contributed by atoms with Crippen LogP contribution in [0.3, 0.4) is 0 Å². The van der Waals surface area contributed by atoms with Gasteiger partial charge in [0.15, 0.2) is 0 Å². The zero-order valence-electron chi connectivity index (χ0n) is 14.7. The van der Waals surface area contributed by atoms with Gasteiger partial charge in [-0.3, -0.25) is 14.9 Å². The topological polar surface area (TPSA) is 123 Å². The standard InChI is InChI=1S/C20H13ClN2O6/c21-16-10-13(23(27)28)6-8-15(16)18-9-7-14(29-18)11-17(20(25)26)22-19(24)12-4-2-1-3-5-12/h1-11H,(H,22,24)(H,25,26). The van der Waals surface area contributed by atoms with Crippen molar-refractivity contribution in [2.45, 2.75) is 0 Å². The van der Waals surface area contributed by atoms with Gasteiger partial charge in [0.1, 0.15) is 17.2 Å². The fourth-order valence-electron chi connectivity index (χ4n) is 2.47. The average Bonchev–Trinajstić information content (AvgIpc) is 3.16. The number of nitrogens with zero attached hydrogens (tertiary/aromatic N) is 1. The number of nitrogens with one attached hydrogen (secondary N) is 1. The Kier molecular flexibility index (Phi) is 5.75. The maximum absolute atomic E-state index is 12.2. The molecule has 0 saturated heterocycles. The van der Waals surface area contributed by atoms with Crippen molar-refractivity contribution in [2.24, 2.45) is 0 Å². The molecular formula is C20H13ClN2O6. The molecule has 0 aliphatic rings. The van der Waals surface area contributed by atoms with Gasteiger partial charge < -0.3 is 14.8 Å². The number of benzene rings is 2. The summed E-state index contributed by atoms with van der Waals surface area (Å²) in [5.74, 6) is -1.49. The molecule has 0 saturated carbocycles. The lowest BCUT2D eigenvalue weighted by molar-refractivity contribution is -0.384. The summed E-state index contributed by atoms with van der Waals surface area (Å²) in [7, 11) is 0. The van der Waals surface area contributed by atoms with Crippen LogP contribution in [-0.4, -0.2) is 21.9 Å². The number of furan rings is 1. The monoisotopic (exact) mass is 412 g/mol. The van der Waals surface area contributed by atoms with E-state index >= 15 is 0 Å². The number of nitro benzene ring substituents is 1. The second kappa shape index (κ2) is 8.41. The Morgan fingerprint density at radius 1 is 1.10 bits per heavy atom. The van der Waals surface area contributed by atoms with Crippen molar-refractivity contribution in [2.75, 3.05) is 0 Å². The van der Waals surface area contributed by atoms with Crippen molar-refractivity contribution in [1.29, 1.82) is 0 Å². The van der Waals surface area contributed by atoms with E-state index in [4.69, 9.17) is 16.0 Å². The molecule has 1 heterocycles. The number of hydrogen-bond donors (Lipinski definition) is 2. The Morgan fingerprint density at radius 3 is 2.45 bits per heavy atom. The van der Waals surface area contributed by atoms with Gasteiger partial charge in [-0.15, -0.1) is 0 Å². The molecule has 0 bridgehead atoms. The highest BCUT2D eigenvalue weighted by molar-refractivity contribution is 6.33. The number of hydrogen-bond acceptors (Lipinski definition) is 5. The van der Waals surface area contributed by atoms with Crippen LogP contribution < -0.4 is 5.32 Å². The van der Waals surface area contributed by atoms with Gasteiger partial charge in [-0.25, -0.2) is 4.79 Å². The molecule has 0 atom stereocenters. The van der Waals surface area contributed by atoms with Crippen molar-refractivity contribution in [1.82, 2.24) is 5.32 Å². The minimum absolute atomic E-state index is 0.111. The van der Waals surface area contributed by atoms with Crippen LogP contribution in [0.1, 0.15) is 16.1 Å². The summed E-state index contributed by atoms with van der Waals surface area (Å²) in [6.07, 6.45) is 1.16. The summed E-state index contributed by atoms with van der Waals surface area (Å²) in [5.41, 5.74) is 0.163. The van der Waals surface area contributed by atoms with Crippen LogP contribution >= 0.6 is 11.6 Å². The Morgan fingerprint density at radius 2 is 1.83 bits per heavy atom. The Bertz CT molecular complexity index is 1120. The fourth-order valence-corrected chi connectivity index (χ4v) is 2.74. The Balaban J connectivity index is 1.86. The van der Waals surface area contributed by atoms with Crippen LogP contribution in [-0.2, 0) is 4.79 Å². The van der Waals surface area contributed by atoms with Gasteiger partial charge in [0, 0.05) is 29.3 Å². The second-order valence-corrected chi connectivity index (χ2v) is 6.21. The van der Waals surface area contributed by atoms with E-state index in [2.05, 4.69) is 5.32 Å². The highest BCUT2D eigenvalue weighted by Crippen LogP contribution is 2.32. The lowest BCUT2D eigenvalue weighted by atomic mass is 10.1. The van der Waals surface area contributed by atoms with Gasteiger partial charge in [0.25, 0.3) is 11.6 Å². The SMILES string of the molecule is O=C(O)C(=Cc1ccc(-c2ccc([N+](=O)[O-])cc2Cl)o1)NC(=O)c1ccccc1. The summed E-state index contributed by atoms with van der Waals surface area (Å²) in [4.78, 5) is 33.9. The van der Waals surface area contributed by atoms with Crippen LogP contribution in [0.2, 0.25) is 5.02 Å². The molecule has 8 nitrogen and oxygen atoms in total. The number of nitro groups is 1. The Labute approximate surface area is 169 Å². The maximum Gasteiger partial charge on any atom is 0.352 e. The first kappa shape index (κ1) is 19.8. The first-order valence-electron chi connectivity index (χ1n) is 8.20. The summed E-state index contributed by atoms with van der Waals surface area (Å²) in [6, 6.07) is 15.1. The van der Waals surface area contributed by atoms with E-state index in [-0.39, 0.29) is 27.9 Å². The summed E-state index contributed by atoms with van der Waals surface area (Å²) < 4.78 is 5.57. The third-order valence-corrected chi connectivity index (χ3v) is 4.17. The number of carboxylic acids is 1. The van der Waals surface area contributed by atoms with E-state index in [1.807, 2.05) is 0 Å². The molecule has 3 rings (SSSR count). The number of carbonyl (C=O) groups is 2. The predicted octanol–water partition coefficient (Wildman–Crippen LogP) is 4.36. The third kappa shape index (κ3) is 4.69. The van der Waals surface area contributed by atoms with Crippen LogP contribution in [0.4, 0.5) is 5.69 Å². The number of amides is 1. The molecule has 3 aromatic rings. The van der Waals surface area contributed by atoms with Gasteiger partial charge >= 0.3 is 5.97 Å². The largest absolute Gasteiger partial charge is 0.477 e. The molecule has 0 spiro atoms. The molecule has 2 aromatic carbocycles. The smallest absolute Gasteiger partial charge is 0.352 e. The van der Waals surface area contributed by atoms with E-state index in [0.29, 0.717) is 11.1 Å². The van der Waals surface area contributed by atoms with Gasteiger partial charge in [-0.1, -0.05) is 29.8 Å². The third-order valence-electron chi connectivity index (χ3n) is 3.86. The number of aliphatic carboxylic acids is 1. The number of carbonyl (C=O) groups excluding carboxylic acids is 1. The number of rotatable bonds is 6. The highest BCUT2D eigenvalue weighted by atomic mass is 35.5. The molecule has 2 N–H and O–H groups in total. The minimum Gasteiger partial charge on any atom is -0.477 e. The second-order valence-electron chi connectivity index (χ2n) is 5.81. The van der Waals surface area contributed by atoms with E-state index in [1.165, 1.54) is 30.3 Å². The average molecular weight is 413 g/mol. The van der Waals surface area contributed by atoms with Gasteiger partial charge in [0.2, 0.25) is 0 Å². The van der Waals surface area contributed by atoms with Crippen molar-refractivity contribution < 1.29 is 24.0 Å². The van der Waals surface area contributed by atoms with Crippen LogP contribution in [0.15, 0.2) is 70.8 Å². The van der Waals surface area contributed by atoms with Crippen molar-refractivity contribution in [3.63, 3.8) is 0 Å². The van der Waals surface area contributed by atoms with Gasteiger partial charge in [-0.2, -0.15) is 0 Å². The first-order chi connectivity index (χ1) is 13.8. The van der Waals surface area contributed by atoms with Crippen LogP contribution in [0.5, 0.6) is 0 Å². The summed E-state index contributed by atoms with van der Waals surface area (Å²) >= 11 is 6.08. The zero-order chi connectivity index (χ0) is 21.0.